The summed E-state index contributed by atoms with van der Waals surface area (Å²) in [4.78, 5) is 0. The maximum absolute atomic E-state index is 12.9. The van der Waals surface area contributed by atoms with Gasteiger partial charge in [0, 0.05) is 12.1 Å². The lowest BCUT2D eigenvalue weighted by Crippen LogP contribution is -2.06. The molecular formula is C9H11FN2O. The highest BCUT2D eigenvalue weighted by Gasteiger charge is 2.34. The number of nitrogens with zero attached hydrogens (tertiary/aromatic N) is 1. The second-order valence-electron chi connectivity index (χ2n) is 3.10. The van der Waals surface area contributed by atoms with Crippen LogP contribution in [0.25, 0.3) is 0 Å². The Labute approximate surface area is 75.9 Å². The zero-order valence-corrected chi connectivity index (χ0v) is 7.33. The van der Waals surface area contributed by atoms with Crippen LogP contribution < -0.4 is 10.6 Å². The Hall–Kier alpha value is -1.13. The lowest BCUT2D eigenvalue weighted by molar-refractivity contribution is 0.404. The first kappa shape index (κ1) is 8.47. The Bertz CT molecular complexity index is 329. The standard InChI is InChI=1S/C9H11FN2O/c1-13-9-3-2-6(10)4-7(9)8-5-12(8)11/h2-4,8H,5,11H2,1H3. The van der Waals surface area contributed by atoms with Crippen molar-refractivity contribution in [2.75, 3.05) is 13.7 Å². The van der Waals surface area contributed by atoms with Gasteiger partial charge in [-0.3, -0.25) is 5.84 Å². The number of hydrogen-bond donors (Lipinski definition) is 1. The van der Waals surface area contributed by atoms with E-state index in [-0.39, 0.29) is 11.9 Å². The Morgan fingerprint density at radius 3 is 2.85 bits per heavy atom. The van der Waals surface area contributed by atoms with Crippen LogP contribution in [0.2, 0.25) is 0 Å². The van der Waals surface area contributed by atoms with Gasteiger partial charge in [0.25, 0.3) is 0 Å². The van der Waals surface area contributed by atoms with Gasteiger partial charge in [-0.25, -0.2) is 9.40 Å². The van der Waals surface area contributed by atoms with Gasteiger partial charge in [-0.15, -0.1) is 0 Å². The highest BCUT2D eigenvalue weighted by atomic mass is 19.1. The zero-order valence-electron chi connectivity index (χ0n) is 7.33. The van der Waals surface area contributed by atoms with Gasteiger partial charge >= 0.3 is 0 Å². The highest BCUT2D eigenvalue weighted by molar-refractivity contribution is 5.38. The average Bonchev–Trinajstić information content (AvgIpc) is 2.82. The summed E-state index contributed by atoms with van der Waals surface area (Å²) in [5.41, 5.74) is 0.824. The number of hydrazine groups is 1. The summed E-state index contributed by atoms with van der Waals surface area (Å²) in [7, 11) is 1.57. The molecule has 0 spiro atoms. The number of rotatable bonds is 2. The molecule has 1 heterocycles. The minimum Gasteiger partial charge on any atom is -0.496 e. The van der Waals surface area contributed by atoms with E-state index in [1.54, 1.807) is 18.2 Å². The highest BCUT2D eigenvalue weighted by Crippen LogP contribution is 2.36. The fourth-order valence-electron chi connectivity index (χ4n) is 1.40. The Balaban J connectivity index is 2.35. The molecule has 2 N–H and O–H groups in total. The van der Waals surface area contributed by atoms with E-state index in [0.717, 1.165) is 12.1 Å². The molecule has 0 aromatic heterocycles. The predicted molar refractivity (Wildman–Crippen MR) is 46.6 cm³/mol. The molecular weight excluding hydrogens is 171 g/mol. The monoisotopic (exact) mass is 182 g/mol. The summed E-state index contributed by atoms with van der Waals surface area (Å²) >= 11 is 0. The van der Waals surface area contributed by atoms with E-state index in [0.29, 0.717) is 5.75 Å². The molecule has 13 heavy (non-hydrogen) atoms. The summed E-state index contributed by atoms with van der Waals surface area (Å²) in [5, 5.41) is 1.64. The quantitative estimate of drug-likeness (QED) is 0.549. The molecule has 0 radical (unpaired) electrons. The van der Waals surface area contributed by atoms with E-state index >= 15 is 0 Å². The smallest absolute Gasteiger partial charge is 0.123 e. The summed E-state index contributed by atoms with van der Waals surface area (Å²) in [6.07, 6.45) is 0. The SMILES string of the molecule is COc1ccc(F)cc1C1CN1N. The summed E-state index contributed by atoms with van der Waals surface area (Å²) in [6, 6.07) is 4.59. The number of nitrogens with two attached hydrogens (primary N) is 1. The maximum atomic E-state index is 12.9. The zero-order chi connectivity index (χ0) is 9.42. The van der Waals surface area contributed by atoms with E-state index in [9.17, 15) is 4.39 Å². The molecule has 0 aliphatic carbocycles. The minimum atomic E-state index is -0.254. The second-order valence-corrected chi connectivity index (χ2v) is 3.10. The van der Waals surface area contributed by atoms with Crippen molar-refractivity contribution in [2.24, 2.45) is 5.84 Å². The molecule has 4 heteroatoms. The molecule has 2 unspecified atom stereocenters. The van der Waals surface area contributed by atoms with E-state index in [1.165, 1.54) is 12.1 Å². The summed E-state index contributed by atoms with van der Waals surface area (Å²) in [5.74, 6) is 5.97. The van der Waals surface area contributed by atoms with Crippen LogP contribution in [0.1, 0.15) is 11.6 Å². The van der Waals surface area contributed by atoms with Crippen molar-refractivity contribution < 1.29 is 9.13 Å². The van der Waals surface area contributed by atoms with Crippen LogP contribution in [0.4, 0.5) is 4.39 Å². The van der Waals surface area contributed by atoms with Gasteiger partial charge in [-0.05, 0) is 18.2 Å². The largest absolute Gasteiger partial charge is 0.496 e. The van der Waals surface area contributed by atoms with E-state index < -0.39 is 0 Å². The van der Waals surface area contributed by atoms with Crippen molar-refractivity contribution in [1.82, 2.24) is 5.01 Å². The first-order chi connectivity index (χ1) is 6.22. The Kier molecular flexibility index (Phi) is 1.94. The van der Waals surface area contributed by atoms with Gasteiger partial charge in [0.1, 0.15) is 11.6 Å². The third-order valence-corrected chi connectivity index (χ3v) is 2.20. The van der Waals surface area contributed by atoms with E-state index in [4.69, 9.17) is 10.6 Å². The molecule has 70 valence electrons. The molecule has 3 nitrogen and oxygen atoms in total. The van der Waals surface area contributed by atoms with E-state index in [2.05, 4.69) is 0 Å². The van der Waals surface area contributed by atoms with Crippen molar-refractivity contribution in [3.63, 3.8) is 0 Å². The van der Waals surface area contributed by atoms with Crippen molar-refractivity contribution in [1.29, 1.82) is 0 Å². The van der Waals surface area contributed by atoms with Crippen LogP contribution in [0.15, 0.2) is 18.2 Å². The van der Waals surface area contributed by atoms with Gasteiger partial charge in [0.2, 0.25) is 0 Å². The second kappa shape index (κ2) is 2.97. The third-order valence-electron chi connectivity index (χ3n) is 2.20. The van der Waals surface area contributed by atoms with Crippen molar-refractivity contribution in [2.45, 2.75) is 6.04 Å². The maximum Gasteiger partial charge on any atom is 0.123 e. The molecule has 2 rings (SSSR count). The summed E-state index contributed by atoms with van der Waals surface area (Å²) < 4.78 is 18.0. The number of ether oxygens (including phenoxy) is 1. The van der Waals surface area contributed by atoms with E-state index in [1.807, 2.05) is 0 Å². The predicted octanol–water partition coefficient (Wildman–Crippen LogP) is 1.06. The fraction of sp³-hybridized carbons (Fsp3) is 0.333. The van der Waals surface area contributed by atoms with Crippen LogP contribution in [0.5, 0.6) is 5.75 Å². The van der Waals surface area contributed by atoms with Gasteiger partial charge < -0.3 is 4.74 Å². The first-order valence-corrected chi connectivity index (χ1v) is 4.07. The molecule has 0 bridgehead atoms. The van der Waals surface area contributed by atoms with Gasteiger partial charge in [-0.2, -0.15) is 0 Å². The van der Waals surface area contributed by atoms with Crippen LogP contribution in [0.3, 0.4) is 0 Å². The number of halogens is 1. The number of methoxy groups -OCH3 is 1. The fourth-order valence-corrected chi connectivity index (χ4v) is 1.40. The van der Waals surface area contributed by atoms with Crippen LogP contribution in [-0.4, -0.2) is 18.7 Å². The van der Waals surface area contributed by atoms with Crippen LogP contribution in [-0.2, 0) is 0 Å². The molecule has 2 atom stereocenters. The molecule has 1 aliphatic rings. The van der Waals surface area contributed by atoms with Crippen LogP contribution in [0, 0.1) is 5.82 Å². The molecule has 1 aromatic rings. The Morgan fingerprint density at radius 1 is 1.62 bits per heavy atom. The molecule has 1 aromatic carbocycles. The average molecular weight is 182 g/mol. The minimum absolute atomic E-state index is 0.116. The van der Waals surface area contributed by atoms with Crippen molar-refractivity contribution in [3.8, 4) is 5.75 Å². The first-order valence-electron chi connectivity index (χ1n) is 4.07. The van der Waals surface area contributed by atoms with Crippen LogP contribution >= 0.6 is 0 Å². The normalized spacial score (nSPS) is 25.8. The molecule has 1 saturated heterocycles. The van der Waals surface area contributed by atoms with Crippen molar-refractivity contribution in [3.05, 3.63) is 29.6 Å². The number of hydrogen-bond acceptors (Lipinski definition) is 3. The summed E-state index contributed by atoms with van der Waals surface area (Å²) in [6.45, 7) is 0.764. The molecule has 1 fully saturated rings. The van der Waals surface area contributed by atoms with Gasteiger partial charge in [0.15, 0.2) is 0 Å². The topological polar surface area (TPSA) is 38.3 Å². The Morgan fingerprint density at radius 2 is 2.31 bits per heavy atom. The molecule has 0 saturated carbocycles. The van der Waals surface area contributed by atoms with Gasteiger partial charge in [0.05, 0.1) is 13.2 Å². The van der Waals surface area contributed by atoms with Crippen molar-refractivity contribution >= 4 is 0 Å². The number of benzene rings is 1. The van der Waals surface area contributed by atoms with Gasteiger partial charge in [-0.1, -0.05) is 0 Å². The third kappa shape index (κ3) is 1.50. The molecule has 0 amide bonds. The lowest BCUT2D eigenvalue weighted by Gasteiger charge is -2.06. The lowest BCUT2D eigenvalue weighted by atomic mass is 10.1. The molecule has 1 aliphatic heterocycles.